The Labute approximate surface area is 212 Å². The molecule has 2 aromatic rings. The Kier molecular flexibility index (Phi) is 6.05. The molecule has 3 fully saturated rings. The Balaban J connectivity index is 1.53. The number of fused-ring (bicyclic) bond motifs is 2. The Hall–Kier alpha value is -2.68. The molecule has 1 heterocycles. The molecule has 0 saturated heterocycles. The van der Waals surface area contributed by atoms with Crippen LogP contribution in [0.3, 0.4) is 0 Å². The first-order chi connectivity index (χ1) is 17.0. The number of aromatic nitrogens is 2. The molecule has 2 amide bonds. The molecule has 5 rings (SSSR count). The van der Waals surface area contributed by atoms with Crippen molar-refractivity contribution in [1.29, 1.82) is 0 Å². The van der Waals surface area contributed by atoms with Crippen molar-refractivity contribution in [2.24, 2.45) is 11.8 Å². The molecule has 1 N–H and O–H groups in total. The third-order valence-electron chi connectivity index (χ3n) is 8.38. The minimum absolute atomic E-state index is 0.0697. The van der Waals surface area contributed by atoms with Gasteiger partial charge < -0.3 is 5.32 Å². The zero-order valence-corrected chi connectivity index (χ0v) is 20.8. The standard InChI is InChI=1S/C26H28ClF3N4O2/c1-24(7-8-24)16-3-5-19(6-4-16)34(22(35)21(27)28)25(2,18-12-31-14-32-13-18)23(36)33-20-10-17-9-15(20)11-26(17,29)30/h3-6,12-15,17,20-21H,7-11H2,1-2H3,(H,33,36)/t15?,17?,20-,21+,25+/m1/s1. The second-order valence-corrected chi connectivity index (χ2v) is 11.1. The van der Waals surface area contributed by atoms with Gasteiger partial charge in [0.2, 0.25) is 0 Å². The van der Waals surface area contributed by atoms with E-state index in [0.29, 0.717) is 6.42 Å². The monoisotopic (exact) mass is 520 g/mol. The van der Waals surface area contributed by atoms with Gasteiger partial charge in [0.15, 0.2) is 5.54 Å². The Morgan fingerprint density at radius 2 is 1.81 bits per heavy atom. The van der Waals surface area contributed by atoms with Crippen LogP contribution in [-0.2, 0) is 20.5 Å². The van der Waals surface area contributed by atoms with Crippen molar-refractivity contribution in [3.63, 3.8) is 0 Å². The first-order valence-corrected chi connectivity index (χ1v) is 12.6. The summed E-state index contributed by atoms with van der Waals surface area (Å²) < 4.78 is 42.5. The molecule has 6 nitrogen and oxygen atoms in total. The van der Waals surface area contributed by atoms with Gasteiger partial charge in [-0.3, -0.25) is 14.5 Å². The number of amides is 2. The number of hydrogen-bond acceptors (Lipinski definition) is 4. The fraction of sp³-hybridized carbons (Fsp3) is 0.538. The summed E-state index contributed by atoms with van der Waals surface area (Å²) in [5.74, 6) is -5.64. The summed E-state index contributed by atoms with van der Waals surface area (Å²) in [6, 6.07) is 6.59. The van der Waals surface area contributed by atoms with Crippen molar-refractivity contribution in [3.05, 3.63) is 54.1 Å². The van der Waals surface area contributed by atoms with Crippen molar-refractivity contribution < 1.29 is 22.8 Å². The lowest BCUT2D eigenvalue weighted by Gasteiger charge is -2.41. The number of anilines is 1. The average Bonchev–Trinajstić information content (AvgIpc) is 3.37. The van der Waals surface area contributed by atoms with Gasteiger partial charge in [-0.05, 0) is 61.6 Å². The number of carbonyl (C=O) groups is 2. The molecule has 1 aromatic carbocycles. The number of alkyl halides is 4. The minimum atomic E-state index is -2.73. The fourth-order valence-electron chi connectivity index (χ4n) is 5.80. The van der Waals surface area contributed by atoms with Gasteiger partial charge in [0.1, 0.15) is 6.33 Å². The summed E-state index contributed by atoms with van der Waals surface area (Å²) >= 11 is 5.63. The molecular weight excluding hydrogens is 493 g/mol. The highest BCUT2D eigenvalue weighted by Gasteiger charge is 2.58. The molecule has 2 unspecified atom stereocenters. The molecule has 3 aliphatic rings. The number of carbonyl (C=O) groups excluding carboxylic acids is 2. The minimum Gasteiger partial charge on any atom is -0.351 e. The third kappa shape index (κ3) is 4.15. The average molecular weight is 521 g/mol. The number of hydrogen-bond donors (Lipinski definition) is 1. The van der Waals surface area contributed by atoms with E-state index in [1.165, 1.54) is 25.6 Å². The third-order valence-corrected chi connectivity index (χ3v) is 8.57. The van der Waals surface area contributed by atoms with Gasteiger partial charge in [0, 0.05) is 42.0 Å². The van der Waals surface area contributed by atoms with Crippen LogP contribution in [0, 0.1) is 11.8 Å². The highest BCUT2D eigenvalue weighted by molar-refractivity contribution is 6.32. The molecular formula is C26H28ClF3N4O2. The number of halogens is 4. The summed E-state index contributed by atoms with van der Waals surface area (Å²) in [5.41, 5.74) is -2.55. The van der Waals surface area contributed by atoms with Gasteiger partial charge >= 0.3 is 0 Å². The molecule has 3 saturated carbocycles. The quantitative estimate of drug-likeness (QED) is 0.529. The largest absolute Gasteiger partial charge is 0.351 e. The number of nitrogens with zero attached hydrogens (tertiary/aromatic N) is 3. The van der Waals surface area contributed by atoms with E-state index in [1.807, 2.05) is 12.1 Å². The molecule has 2 bridgehead atoms. The van der Waals surface area contributed by atoms with Crippen LogP contribution in [0.5, 0.6) is 0 Å². The highest BCUT2D eigenvalue weighted by atomic mass is 35.5. The van der Waals surface area contributed by atoms with E-state index in [2.05, 4.69) is 22.2 Å². The van der Waals surface area contributed by atoms with Gasteiger partial charge in [-0.2, -0.15) is 0 Å². The summed E-state index contributed by atoms with van der Waals surface area (Å²) in [6.07, 6.45) is 6.32. The molecule has 5 atom stereocenters. The van der Waals surface area contributed by atoms with Crippen LogP contribution in [0.1, 0.15) is 57.1 Å². The fourth-order valence-corrected chi connectivity index (χ4v) is 5.90. The molecule has 1 aromatic heterocycles. The van der Waals surface area contributed by atoms with Gasteiger partial charge in [-0.25, -0.2) is 23.1 Å². The normalized spacial score (nSPS) is 27.7. The smallest absolute Gasteiger partial charge is 0.278 e. The van der Waals surface area contributed by atoms with E-state index in [-0.39, 0.29) is 35.4 Å². The van der Waals surface area contributed by atoms with Crippen molar-refractivity contribution in [2.45, 2.75) is 74.5 Å². The number of rotatable bonds is 7. The first kappa shape index (κ1) is 25.0. The van der Waals surface area contributed by atoms with E-state index in [9.17, 15) is 22.8 Å². The first-order valence-electron chi connectivity index (χ1n) is 12.1. The molecule has 192 valence electrons. The van der Waals surface area contributed by atoms with Crippen LogP contribution in [0.15, 0.2) is 43.0 Å². The maximum atomic E-state index is 14.4. The molecule has 0 spiro atoms. The van der Waals surface area contributed by atoms with E-state index < -0.39 is 40.9 Å². The molecule has 3 aliphatic carbocycles. The van der Waals surface area contributed by atoms with Crippen LogP contribution >= 0.6 is 11.6 Å². The van der Waals surface area contributed by atoms with E-state index in [1.54, 1.807) is 12.1 Å². The highest BCUT2D eigenvalue weighted by Crippen LogP contribution is 2.54. The SMILES string of the molecule is CC1(c2ccc(N(C(=O)[C@H](F)Cl)[C@](C)(C(=O)N[C@@H]3CC4CC3CC4(F)F)c3cncnc3)cc2)CC1. The number of nitrogens with one attached hydrogen (secondary N) is 1. The molecule has 10 heteroatoms. The van der Waals surface area contributed by atoms with Crippen molar-refractivity contribution >= 4 is 29.1 Å². The van der Waals surface area contributed by atoms with Gasteiger partial charge in [0.25, 0.3) is 23.4 Å². The summed E-state index contributed by atoms with van der Waals surface area (Å²) in [5, 5.41) is 2.89. The van der Waals surface area contributed by atoms with Crippen molar-refractivity contribution in [3.8, 4) is 0 Å². The van der Waals surface area contributed by atoms with Crippen LogP contribution in [0.25, 0.3) is 0 Å². The number of benzene rings is 1. The lowest BCUT2D eigenvalue weighted by molar-refractivity contribution is -0.132. The summed E-state index contributed by atoms with van der Waals surface area (Å²) in [4.78, 5) is 36.2. The second-order valence-electron chi connectivity index (χ2n) is 10.8. The van der Waals surface area contributed by atoms with E-state index in [0.717, 1.165) is 23.3 Å². The topological polar surface area (TPSA) is 75.2 Å². The van der Waals surface area contributed by atoms with E-state index >= 15 is 0 Å². The van der Waals surface area contributed by atoms with Crippen molar-refractivity contribution in [1.82, 2.24) is 15.3 Å². The molecule has 36 heavy (non-hydrogen) atoms. The van der Waals surface area contributed by atoms with Gasteiger partial charge in [-0.1, -0.05) is 30.7 Å². The lowest BCUT2D eigenvalue weighted by Crippen LogP contribution is -2.60. The predicted octanol–water partition coefficient (Wildman–Crippen LogP) is 4.86. The van der Waals surface area contributed by atoms with Crippen molar-refractivity contribution in [2.75, 3.05) is 4.90 Å². The Morgan fingerprint density at radius 1 is 1.17 bits per heavy atom. The van der Waals surface area contributed by atoms with Crippen LogP contribution in [-0.4, -0.2) is 39.4 Å². The summed E-state index contributed by atoms with van der Waals surface area (Å²) in [7, 11) is 0. The van der Waals surface area contributed by atoms with Gasteiger partial charge in [0.05, 0.1) is 0 Å². The molecule has 0 radical (unpaired) electrons. The van der Waals surface area contributed by atoms with Gasteiger partial charge in [-0.15, -0.1) is 0 Å². The second kappa shape index (κ2) is 8.71. The Bertz CT molecular complexity index is 1160. The lowest BCUT2D eigenvalue weighted by atomic mass is 9.87. The Morgan fingerprint density at radius 3 is 2.31 bits per heavy atom. The maximum Gasteiger partial charge on any atom is 0.278 e. The van der Waals surface area contributed by atoms with Crippen LogP contribution < -0.4 is 10.2 Å². The maximum absolute atomic E-state index is 14.4. The van der Waals surface area contributed by atoms with E-state index in [4.69, 9.17) is 11.6 Å². The predicted molar refractivity (Wildman–Crippen MR) is 128 cm³/mol. The van der Waals surface area contributed by atoms with Crippen LogP contribution in [0.2, 0.25) is 0 Å². The zero-order chi connectivity index (χ0) is 25.9. The van der Waals surface area contributed by atoms with Crippen LogP contribution in [0.4, 0.5) is 18.9 Å². The zero-order valence-electron chi connectivity index (χ0n) is 20.1. The summed E-state index contributed by atoms with van der Waals surface area (Å²) in [6.45, 7) is 3.61. The molecule has 0 aliphatic heterocycles.